The normalized spacial score (nSPS) is 10.5. The van der Waals surface area contributed by atoms with Crippen LogP contribution in [-0.2, 0) is 17.8 Å². The number of aryl methyl sites for hydroxylation is 2. The molecule has 2 N–H and O–H groups in total. The molecule has 1 heterocycles. The van der Waals surface area contributed by atoms with Gasteiger partial charge in [-0.2, -0.15) is 5.10 Å². The zero-order valence-corrected chi connectivity index (χ0v) is 13.9. The van der Waals surface area contributed by atoms with E-state index in [1.807, 2.05) is 32.0 Å². The van der Waals surface area contributed by atoms with Gasteiger partial charge in [-0.3, -0.25) is 9.89 Å². The van der Waals surface area contributed by atoms with E-state index in [1.54, 1.807) is 7.11 Å². The Hall–Kier alpha value is -1.82. The van der Waals surface area contributed by atoms with Crippen LogP contribution in [0.25, 0.3) is 0 Å². The summed E-state index contributed by atoms with van der Waals surface area (Å²) < 4.78 is 6.24. The lowest BCUT2D eigenvalue weighted by atomic mass is 10.1. The summed E-state index contributed by atoms with van der Waals surface area (Å²) in [7, 11) is 1.62. The van der Waals surface area contributed by atoms with Crippen LogP contribution in [0, 0.1) is 13.8 Å². The maximum atomic E-state index is 12.1. The van der Waals surface area contributed by atoms with Crippen LogP contribution in [0.15, 0.2) is 22.7 Å². The first-order chi connectivity index (χ1) is 10.0. The zero-order chi connectivity index (χ0) is 15.4. The molecular weight excluding hydrogens is 334 g/mol. The number of ether oxygens (including phenoxy) is 1. The second-order valence-corrected chi connectivity index (χ2v) is 5.74. The highest BCUT2D eigenvalue weighted by Crippen LogP contribution is 2.22. The predicted octanol–water partition coefficient (Wildman–Crippen LogP) is 2.66. The quantitative estimate of drug-likeness (QED) is 0.870. The number of halogens is 1. The third kappa shape index (κ3) is 3.85. The fourth-order valence-electron chi connectivity index (χ4n) is 2.14. The summed E-state index contributed by atoms with van der Waals surface area (Å²) in [6.07, 6.45) is 0.324. The lowest BCUT2D eigenvalue weighted by Crippen LogP contribution is -2.25. The summed E-state index contributed by atoms with van der Waals surface area (Å²) in [5, 5.41) is 9.89. The number of hydrogen-bond donors (Lipinski definition) is 2. The minimum Gasteiger partial charge on any atom is -0.496 e. The fraction of sp³-hybridized carbons (Fsp3) is 0.333. The molecule has 0 aliphatic heterocycles. The number of rotatable bonds is 5. The highest BCUT2D eigenvalue weighted by molar-refractivity contribution is 9.10. The molecule has 0 saturated heterocycles. The predicted molar refractivity (Wildman–Crippen MR) is 84.3 cm³/mol. The first-order valence-electron chi connectivity index (χ1n) is 6.60. The second-order valence-electron chi connectivity index (χ2n) is 4.82. The van der Waals surface area contributed by atoms with Crippen molar-refractivity contribution >= 4 is 21.8 Å². The van der Waals surface area contributed by atoms with E-state index in [-0.39, 0.29) is 5.91 Å². The summed E-state index contributed by atoms with van der Waals surface area (Å²) in [6.45, 7) is 4.24. The van der Waals surface area contributed by atoms with Crippen molar-refractivity contribution in [3.05, 3.63) is 45.2 Å². The van der Waals surface area contributed by atoms with Crippen LogP contribution in [-0.4, -0.2) is 23.2 Å². The van der Waals surface area contributed by atoms with E-state index < -0.39 is 0 Å². The molecule has 2 rings (SSSR count). The average Bonchev–Trinajstić information content (AvgIpc) is 2.77. The van der Waals surface area contributed by atoms with Crippen molar-refractivity contribution in [3.8, 4) is 5.75 Å². The molecule has 1 amide bonds. The monoisotopic (exact) mass is 351 g/mol. The maximum absolute atomic E-state index is 12.1. The van der Waals surface area contributed by atoms with Crippen LogP contribution < -0.4 is 10.1 Å². The van der Waals surface area contributed by atoms with Gasteiger partial charge in [0.1, 0.15) is 5.75 Å². The summed E-state index contributed by atoms with van der Waals surface area (Å²) in [5.74, 6) is 0.721. The molecule has 2 aromatic rings. The van der Waals surface area contributed by atoms with Gasteiger partial charge in [0.15, 0.2) is 0 Å². The van der Waals surface area contributed by atoms with Crippen molar-refractivity contribution in [1.82, 2.24) is 15.5 Å². The standard InChI is InChI=1S/C15H18BrN3O2/c1-9-13(10(2)19-18-9)7-15(20)17-8-11-6-12(16)4-5-14(11)21-3/h4-6H,7-8H2,1-3H3,(H,17,20)(H,18,19). The highest BCUT2D eigenvalue weighted by Gasteiger charge is 2.12. The topological polar surface area (TPSA) is 67.0 Å². The smallest absolute Gasteiger partial charge is 0.224 e. The Kier molecular flexibility index (Phi) is 5.01. The van der Waals surface area contributed by atoms with Crippen molar-refractivity contribution in [3.63, 3.8) is 0 Å². The van der Waals surface area contributed by atoms with Gasteiger partial charge in [0.25, 0.3) is 0 Å². The van der Waals surface area contributed by atoms with Crippen LogP contribution in [0.2, 0.25) is 0 Å². The number of nitrogens with zero attached hydrogens (tertiary/aromatic N) is 1. The van der Waals surface area contributed by atoms with E-state index >= 15 is 0 Å². The Bertz CT molecular complexity index is 633. The van der Waals surface area contributed by atoms with Crippen LogP contribution in [0.4, 0.5) is 0 Å². The molecule has 0 saturated carbocycles. The molecule has 0 unspecified atom stereocenters. The van der Waals surface area contributed by atoms with Crippen molar-refractivity contribution in [1.29, 1.82) is 0 Å². The Morgan fingerprint density at radius 3 is 2.81 bits per heavy atom. The van der Waals surface area contributed by atoms with Crippen molar-refractivity contribution in [2.75, 3.05) is 7.11 Å². The molecule has 0 bridgehead atoms. The van der Waals surface area contributed by atoms with Gasteiger partial charge in [-0.15, -0.1) is 0 Å². The summed E-state index contributed by atoms with van der Waals surface area (Å²) in [5.41, 5.74) is 3.68. The molecule has 0 radical (unpaired) electrons. The molecular formula is C15H18BrN3O2. The first kappa shape index (κ1) is 15.6. The van der Waals surface area contributed by atoms with Gasteiger partial charge in [0.05, 0.1) is 19.2 Å². The van der Waals surface area contributed by atoms with Crippen molar-refractivity contribution in [2.24, 2.45) is 0 Å². The number of aromatic nitrogens is 2. The number of nitrogens with one attached hydrogen (secondary N) is 2. The van der Waals surface area contributed by atoms with Crippen LogP contribution in [0.3, 0.4) is 0 Å². The number of amides is 1. The third-order valence-electron chi connectivity index (χ3n) is 3.34. The van der Waals surface area contributed by atoms with Gasteiger partial charge in [0.2, 0.25) is 5.91 Å². The Morgan fingerprint density at radius 2 is 2.19 bits per heavy atom. The van der Waals surface area contributed by atoms with E-state index in [9.17, 15) is 4.79 Å². The Morgan fingerprint density at radius 1 is 1.43 bits per heavy atom. The molecule has 1 aromatic carbocycles. The number of hydrogen-bond acceptors (Lipinski definition) is 3. The van der Waals surface area contributed by atoms with E-state index in [1.165, 1.54) is 0 Å². The molecule has 0 fully saturated rings. The molecule has 0 aliphatic rings. The summed E-state index contributed by atoms with van der Waals surface area (Å²) in [4.78, 5) is 12.1. The van der Waals surface area contributed by atoms with E-state index in [0.717, 1.165) is 32.7 Å². The van der Waals surface area contributed by atoms with Crippen LogP contribution in [0.5, 0.6) is 5.75 Å². The zero-order valence-electron chi connectivity index (χ0n) is 12.3. The minimum absolute atomic E-state index is 0.0374. The van der Waals surface area contributed by atoms with Gasteiger partial charge in [0, 0.05) is 27.8 Å². The van der Waals surface area contributed by atoms with Gasteiger partial charge >= 0.3 is 0 Å². The van der Waals surface area contributed by atoms with Crippen molar-refractivity contribution in [2.45, 2.75) is 26.8 Å². The lowest BCUT2D eigenvalue weighted by molar-refractivity contribution is -0.120. The maximum Gasteiger partial charge on any atom is 0.224 e. The Balaban J connectivity index is 2.00. The number of H-pyrrole nitrogens is 1. The first-order valence-corrected chi connectivity index (χ1v) is 7.40. The summed E-state index contributed by atoms with van der Waals surface area (Å²) >= 11 is 3.42. The number of aromatic amines is 1. The molecule has 0 aliphatic carbocycles. The Labute approximate surface area is 132 Å². The van der Waals surface area contributed by atoms with Crippen molar-refractivity contribution < 1.29 is 9.53 Å². The molecule has 0 spiro atoms. The van der Waals surface area contributed by atoms with E-state index in [0.29, 0.717) is 13.0 Å². The van der Waals surface area contributed by atoms with Gasteiger partial charge in [-0.05, 0) is 32.0 Å². The van der Waals surface area contributed by atoms with Crippen LogP contribution in [0.1, 0.15) is 22.5 Å². The van der Waals surface area contributed by atoms with Gasteiger partial charge in [-0.25, -0.2) is 0 Å². The molecule has 21 heavy (non-hydrogen) atoms. The van der Waals surface area contributed by atoms with Crippen LogP contribution >= 0.6 is 15.9 Å². The van der Waals surface area contributed by atoms with Gasteiger partial charge in [-0.1, -0.05) is 15.9 Å². The summed E-state index contributed by atoms with van der Waals surface area (Å²) in [6, 6.07) is 5.71. The fourth-order valence-corrected chi connectivity index (χ4v) is 2.55. The average molecular weight is 352 g/mol. The highest BCUT2D eigenvalue weighted by atomic mass is 79.9. The largest absolute Gasteiger partial charge is 0.496 e. The van der Waals surface area contributed by atoms with E-state index in [2.05, 4.69) is 31.4 Å². The molecule has 112 valence electrons. The molecule has 5 nitrogen and oxygen atoms in total. The minimum atomic E-state index is -0.0374. The number of methoxy groups -OCH3 is 1. The SMILES string of the molecule is COc1ccc(Br)cc1CNC(=O)Cc1c(C)n[nH]c1C. The number of benzene rings is 1. The molecule has 6 heteroatoms. The second kappa shape index (κ2) is 6.76. The number of carbonyl (C=O) groups is 1. The van der Waals surface area contributed by atoms with Gasteiger partial charge < -0.3 is 10.1 Å². The molecule has 1 aromatic heterocycles. The number of carbonyl (C=O) groups excluding carboxylic acids is 1. The molecule has 0 atom stereocenters. The van der Waals surface area contributed by atoms with E-state index in [4.69, 9.17) is 4.74 Å². The third-order valence-corrected chi connectivity index (χ3v) is 3.83. The lowest BCUT2D eigenvalue weighted by Gasteiger charge is -2.10.